The Labute approximate surface area is 231 Å². The minimum Gasteiger partial charge on any atom is -0.359 e. The van der Waals surface area contributed by atoms with Crippen molar-refractivity contribution in [2.45, 2.75) is 38.1 Å². The topological polar surface area (TPSA) is 113 Å². The van der Waals surface area contributed by atoms with Gasteiger partial charge in [0.1, 0.15) is 16.5 Å². The number of carbonyl (C=O) groups excluding carboxylic acids is 2. The number of nitrogens with zero attached hydrogens (tertiary/aromatic N) is 3. The standard InChI is InChI=1S/C30H30N6O2S/c1-31-27(37)12-4-2-3-11-24(35-29(38)26-19-39-30(36-26)23-10-7-15-32-17-23)28-33-18-25(34-28)22-14-13-20-8-5-6-9-21(20)16-22/h5-10,13-19,24H,2-4,11-12H2,1H3,(H,31,37)(H,33,34)(H,35,38). The molecule has 0 aliphatic rings. The zero-order valence-electron chi connectivity index (χ0n) is 21.7. The fourth-order valence-electron chi connectivity index (χ4n) is 4.46. The van der Waals surface area contributed by atoms with Gasteiger partial charge in [-0.25, -0.2) is 9.97 Å². The molecule has 0 saturated heterocycles. The molecule has 3 N–H and O–H groups in total. The van der Waals surface area contributed by atoms with Gasteiger partial charge in [0.15, 0.2) is 0 Å². The Kier molecular flexibility index (Phi) is 8.38. The summed E-state index contributed by atoms with van der Waals surface area (Å²) in [5, 5.41) is 10.6. The van der Waals surface area contributed by atoms with Gasteiger partial charge in [-0.15, -0.1) is 11.3 Å². The summed E-state index contributed by atoms with van der Waals surface area (Å²) in [5.74, 6) is 0.486. The Morgan fingerprint density at radius 3 is 2.67 bits per heavy atom. The molecular formula is C30H30N6O2S. The molecule has 5 aromatic rings. The van der Waals surface area contributed by atoms with Crippen LogP contribution in [-0.4, -0.2) is 38.8 Å². The molecular weight excluding hydrogens is 508 g/mol. The Morgan fingerprint density at radius 1 is 0.974 bits per heavy atom. The van der Waals surface area contributed by atoms with E-state index in [2.05, 4.69) is 60.9 Å². The number of pyridine rings is 1. The largest absolute Gasteiger partial charge is 0.359 e. The van der Waals surface area contributed by atoms with Crippen molar-refractivity contribution < 1.29 is 9.59 Å². The number of H-pyrrole nitrogens is 1. The van der Waals surface area contributed by atoms with E-state index >= 15 is 0 Å². The first-order valence-corrected chi connectivity index (χ1v) is 13.9. The van der Waals surface area contributed by atoms with Gasteiger partial charge in [0.25, 0.3) is 5.91 Å². The third-order valence-electron chi connectivity index (χ3n) is 6.61. The average molecular weight is 539 g/mol. The number of hydrogen-bond donors (Lipinski definition) is 3. The summed E-state index contributed by atoms with van der Waals surface area (Å²) < 4.78 is 0. The van der Waals surface area contributed by atoms with Gasteiger partial charge in [-0.05, 0) is 41.8 Å². The smallest absolute Gasteiger partial charge is 0.271 e. The second kappa shape index (κ2) is 12.4. The Morgan fingerprint density at radius 2 is 1.85 bits per heavy atom. The average Bonchev–Trinajstić information content (AvgIpc) is 3.67. The number of benzene rings is 2. The lowest BCUT2D eigenvalue weighted by Crippen LogP contribution is -2.29. The van der Waals surface area contributed by atoms with E-state index in [-0.39, 0.29) is 17.9 Å². The lowest BCUT2D eigenvalue weighted by molar-refractivity contribution is -0.120. The van der Waals surface area contributed by atoms with E-state index in [1.54, 1.807) is 24.8 Å². The highest BCUT2D eigenvalue weighted by Crippen LogP contribution is 2.27. The fraction of sp³-hybridized carbons (Fsp3) is 0.233. The summed E-state index contributed by atoms with van der Waals surface area (Å²) in [6.07, 6.45) is 8.94. The van der Waals surface area contributed by atoms with Crippen molar-refractivity contribution in [3.8, 4) is 21.8 Å². The number of imidazole rings is 1. The Hall–Kier alpha value is -4.37. The number of hydrogen-bond acceptors (Lipinski definition) is 6. The quantitative estimate of drug-likeness (QED) is 0.181. The molecule has 1 atom stereocenters. The highest BCUT2D eigenvalue weighted by atomic mass is 32.1. The van der Waals surface area contributed by atoms with Gasteiger partial charge in [0, 0.05) is 42.4 Å². The van der Waals surface area contributed by atoms with Crippen LogP contribution in [0, 0.1) is 0 Å². The Bertz CT molecular complexity index is 1560. The van der Waals surface area contributed by atoms with Gasteiger partial charge >= 0.3 is 0 Å². The van der Waals surface area contributed by atoms with Crippen molar-refractivity contribution in [2.75, 3.05) is 7.05 Å². The predicted octanol–water partition coefficient (Wildman–Crippen LogP) is 5.92. The summed E-state index contributed by atoms with van der Waals surface area (Å²) in [7, 11) is 1.65. The van der Waals surface area contributed by atoms with Gasteiger partial charge in [0.05, 0.1) is 17.9 Å². The van der Waals surface area contributed by atoms with Crippen molar-refractivity contribution in [3.63, 3.8) is 0 Å². The number of nitrogens with one attached hydrogen (secondary N) is 3. The molecule has 39 heavy (non-hydrogen) atoms. The van der Waals surface area contributed by atoms with E-state index in [9.17, 15) is 9.59 Å². The first kappa shape index (κ1) is 26.2. The normalized spacial score (nSPS) is 11.8. The van der Waals surface area contributed by atoms with Gasteiger partial charge in [-0.1, -0.05) is 49.2 Å². The van der Waals surface area contributed by atoms with E-state index in [4.69, 9.17) is 0 Å². The van der Waals surface area contributed by atoms with E-state index < -0.39 is 0 Å². The van der Waals surface area contributed by atoms with Crippen LogP contribution in [0.25, 0.3) is 32.6 Å². The van der Waals surface area contributed by atoms with Crippen LogP contribution in [-0.2, 0) is 4.79 Å². The number of unbranched alkanes of at least 4 members (excludes halogenated alkanes) is 2. The molecule has 0 saturated carbocycles. The molecule has 8 nitrogen and oxygen atoms in total. The molecule has 2 aromatic carbocycles. The molecule has 0 bridgehead atoms. The maximum atomic E-state index is 13.2. The lowest BCUT2D eigenvalue weighted by Gasteiger charge is -2.16. The van der Waals surface area contributed by atoms with Gasteiger partial charge in [-0.2, -0.15) is 0 Å². The monoisotopic (exact) mass is 538 g/mol. The maximum absolute atomic E-state index is 13.2. The van der Waals surface area contributed by atoms with Crippen LogP contribution >= 0.6 is 11.3 Å². The SMILES string of the molecule is CNC(=O)CCCCCC(NC(=O)c1csc(-c2cccnc2)n1)c1ncc(-c2ccc3ccccc3c2)[nH]1. The summed E-state index contributed by atoms with van der Waals surface area (Å²) >= 11 is 1.41. The summed E-state index contributed by atoms with van der Waals surface area (Å²) in [5.41, 5.74) is 3.16. The summed E-state index contributed by atoms with van der Waals surface area (Å²) in [6, 6.07) is 18.0. The van der Waals surface area contributed by atoms with Crippen LogP contribution in [0.2, 0.25) is 0 Å². The third-order valence-corrected chi connectivity index (χ3v) is 7.50. The minimum absolute atomic E-state index is 0.0406. The molecule has 2 amide bonds. The van der Waals surface area contributed by atoms with Crippen molar-refractivity contribution >= 4 is 33.9 Å². The summed E-state index contributed by atoms with van der Waals surface area (Å²) in [4.78, 5) is 41.6. The van der Waals surface area contributed by atoms with Gasteiger partial charge in [0.2, 0.25) is 5.91 Å². The van der Waals surface area contributed by atoms with Gasteiger partial charge < -0.3 is 15.6 Å². The molecule has 9 heteroatoms. The number of thiazole rings is 1. The van der Waals surface area contributed by atoms with Crippen molar-refractivity contribution in [1.82, 2.24) is 30.6 Å². The predicted molar refractivity (Wildman–Crippen MR) is 154 cm³/mol. The zero-order valence-corrected chi connectivity index (χ0v) is 22.5. The van der Waals surface area contributed by atoms with E-state index in [1.807, 2.05) is 30.5 Å². The highest BCUT2D eigenvalue weighted by Gasteiger charge is 2.21. The number of aromatic amines is 1. The zero-order chi connectivity index (χ0) is 27.0. The molecule has 3 heterocycles. The first-order valence-electron chi connectivity index (χ1n) is 13.0. The van der Waals surface area contributed by atoms with Crippen LogP contribution in [0.1, 0.15) is 54.5 Å². The molecule has 0 spiro atoms. The number of aromatic nitrogens is 4. The number of rotatable bonds is 11. The lowest BCUT2D eigenvalue weighted by atomic mass is 10.1. The van der Waals surface area contributed by atoms with E-state index in [1.165, 1.54) is 16.7 Å². The highest BCUT2D eigenvalue weighted by molar-refractivity contribution is 7.13. The molecule has 3 aromatic heterocycles. The van der Waals surface area contributed by atoms with E-state index in [0.29, 0.717) is 24.4 Å². The molecule has 0 aliphatic heterocycles. The molecule has 0 aliphatic carbocycles. The van der Waals surface area contributed by atoms with E-state index in [0.717, 1.165) is 46.5 Å². The van der Waals surface area contributed by atoms with Gasteiger partial charge in [-0.3, -0.25) is 14.6 Å². The second-order valence-electron chi connectivity index (χ2n) is 9.32. The summed E-state index contributed by atoms with van der Waals surface area (Å²) in [6.45, 7) is 0. The molecule has 198 valence electrons. The van der Waals surface area contributed by atoms with Crippen LogP contribution in [0.4, 0.5) is 0 Å². The number of carbonyl (C=O) groups is 2. The third kappa shape index (κ3) is 6.56. The van der Waals surface area contributed by atoms with Crippen LogP contribution < -0.4 is 10.6 Å². The fourth-order valence-corrected chi connectivity index (χ4v) is 5.25. The second-order valence-corrected chi connectivity index (χ2v) is 10.2. The molecule has 0 fully saturated rings. The van der Waals surface area contributed by atoms with Crippen LogP contribution in [0.3, 0.4) is 0 Å². The van der Waals surface area contributed by atoms with Crippen molar-refractivity contribution in [2.24, 2.45) is 0 Å². The minimum atomic E-state index is -0.324. The first-order chi connectivity index (χ1) is 19.1. The molecule has 1 unspecified atom stereocenters. The van der Waals surface area contributed by atoms with Crippen molar-refractivity contribution in [3.05, 3.63) is 90.1 Å². The maximum Gasteiger partial charge on any atom is 0.271 e. The number of fused-ring (bicyclic) bond motifs is 1. The van der Waals surface area contributed by atoms with Crippen molar-refractivity contribution in [1.29, 1.82) is 0 Å². The molecule has 0 radical (unpaired) electrons. The van der Waals surface area contributed by atoms with Crippen LogP contribution in [0.15, 0.2) is 78.6 Å². The molecule has 5 rings (SSSR count). The number of amides is 2. The Balaban J connectivity index is 1.32. The van der Waals surface area contributed by atoms with Crippen LogP contribution in [0.5, 0.6) is 0 Å².